The molecule has 1 aliphatic rings. The normalized spacial score (nSPS) is 23.9. The van der Waals surface area contributed by atoms with E-state index in [0.29, 0.717) is 25.0 Å². The fourth-order valence-electron chi connectivity index (χ4n) is 2.08. The van der Waals surface area contributed by atoms with Crippen LogP contribution >= 0.6 is 0 Å². The van der Waals surface area contributed by atoms with Gasteiger partial charge in [-0.1, -0.05) is 13.8 Å². The Labute approximate surface area is 91.9 Å². The molecule has 4 heteroatoms. The second kappa shape index (κ2) is 5.47. The van der Waals surface area contributed by atoms with Gasteiger partial charge in [0.1, 0.15) is 0 Å². The van der Waals surface area contributed by atoms with Crippen molar-refractivity contribution in [3.63, 3.8) is 0 Å². The van der Waals surface area contributed by atoms with Crippen molar-refractivity contribution in [3.05, 3.63) is 0 Å². The molecule has 1 N–H and O–H groups in total. The van der Waals surface area contributed by atoms with Gasteiger partial charge < -0.3 is 10.0 Å². The number of aliphatic hydroxyl groups is 1. The average molecular weight is 214 g/mol. The number of carbonyl (C=O) groups excluding carboxylic acids is 1. The van der Waals surface area contributed by atoms with Crippen LogP contribution in [0.1, 0.15) is 20.3 Å². The molecule has 15 heavy (non-hydrogen) atoms. The summed E-state index contributed by atoms with van der Waals surface area (Å²) >= 11 is 0. The fraction of sp³-hybridized carbons (Fsp3) is 0.909. The minimum absolute atomic E-state index is 0.130. The third kappa shape index (κ3) is 3.47. The number of hydrogen-bond acceptors (Lipinski definition) is 3. The predicted octanol–water partition coefficient (Wildman–Crippen LogP) is 0.167. The lowest BCUT2D eigenvalue weighted by Gasteiger charge is -2.39. The Morgan fingerprint density at radius 1 is 1.53 bits per heavy atom. The highest BCUT2D eigenvalue weighted by molar-refractivity contribution is 5.79. The molecule has 1 heterocycles. The molecule has 0 saturated carbocycles. The lowest BCUT2D eigenvalue weighted by atomic mass is 10.0. The fourth-order valence-corrected chi connectivity index (χ4v) is 2.08. The number of β-amino-alcohol motifs (C(OH)–C–C–N with tert-alkyl or cyclic N) is 1. The SMILES string of the molecule is CC(C)CC1CN(CCO)CC(=O)N1C. The molecule has 1 unspecified atom stereocenters. The molecule has 0 aliphatic carbocycles. The van der Waals surface area contributed by atoms with Crippen LogP contribution in [0.5, 0.6) is 0 Å². The van der Waals surface area contributed by atoms with Crippen LogP contribution < -0.4 is 0 Å². The van der Waals surface area contributed by atoms with Crippen LogP contribution in [0, 0.1) is 5.92 Å². The van der Waals surface area contributed by atoms with Gasteiger partial charge in [-0.25, -0.2) is 0 Å². The van der Waals surface area contributed by atoms with Crippen molar-refractivity contribution in [1.29, 1.82) is 0 Å². The molecule has 1 fully saturated rings. The Bertz CT molecular complexity index is 219. The number of likely N-dealkylation sites (N-methyl/N-ethyl adjacent to an activating group) is 1. The highest BCUT2D eigenvalue weighted by Gasteiger charge is 2.29. The van der Waals surface area contributed by atoms with E-state index in [4.69, 9.17) is 5.11 Å². The van der Waals surface area contributed by atoms with Gasteiger partial charge >= 0.3 is 0 Å². The van der Waals surface area contributed by atoms with Crippen molar-refractivity contribution in [2.24, 2.45) is 5.92 Å². The first-order valence-electron chi connectivity index (χ1n) is 5.63. The summed E-state index contributed by atoms with van der Waals surface area (Å²) in [5.41, 5.74) is 0. The van der Waals surface area contributed by atoms with E-state index in [1.807, 2.05) is 16.8 Å². The first-order valence-corrected chi connectivity index (χ1v) is 5.63. The molecule has 1 rings (SSSR count). The van der Waals surface area contributed by atoms with Gasteiger partial charge in [-0.05, 0) is 12.3 Å². The van der Waals surface area contributed by atoms with Crippen molar-refractivity contribution in [2.45, 2.75) is 26.3 Å². The summed E-state index contributed by atoms with van der Waals surface area (Å²) in [5, 5.41) is 8.87. The summed E-state index contributed by atoms with van der Waals surface area (Å²) in [5.74, 6) is 0.764. The first kappa shape index (κ1) is 12.5. The van der Waals surface area contributed by atoms with Gasteiger partial charge in [-0.2, -0.15) is 0 Å². The number of piperazine rings is 1. The van der Waals surface area contributed by atoms with Crippen LogP contribution in [0.3, 0.4) is 0 Å². The van der Waals surface area contributed by atoms with Gasteiger partial charge in [0.05, 0.1) is 13.2 Å². The van der Waals surface area contributed by atoms with Crippen LogP contribution in [0.15, 0.2) is 0 Å². The van der Waals surface area contributed by atoms with Gasteiger partial charge in [0, 0.05) is 26.2 Å². The molecule has 4 nitrogen and oxygen atoms in total. The summed E-state index contributed by atoms with van der Waals surface area (Å²) in [6, 6.07) is 0.304. The minimum atomic E-state index is 0.130. The standard InChI is InChI=1S/C11H22N2O2/c1-9(2)6-10-7-13(4-5-14)8-11(15)12(10)3/h9-10,14H,4-8H2,1-3H3. The molecular weight excluding hydrogens is 192 g/mol. The maximum atomic E-state index is 11.7. The summed E-state index contributed by atoms with van der Waals surface area (Å²) in [4.78, 5) is 15.6. The third-order valence-corrected chi connectivity index (χ3v) is 2.93. The molecule has 0 aromatic rings. The molecule has 0 radical (unpaired) electrons. The molecule has 1 amide bonds. The van der Waals surface area contributed by atoms with E-state index in [0.717, 1.165) is 13.0 Å². The highest BCUT2D eigenvalue weighted by atomic mass is 16.3. The molecule has 1 atom stereocenters. The quantitative estimate of drug-likeness (QED) is 0.725. The highest BCUT2D eigenvalue weighted by Crippen LogP contribution is 2.16. The lowest BCUT2D eigenvalue weighted by Crippen LogP contribution is -2.55. The maximum absolute atomic E-state index is 11.7. The second-order valence-electron chi connectivity index (χ2n) is 4.75. The van der Waals surface area contributed by atoms with E-state index < -0.39 is 0 Å². The number of nitrogens with zero attached hydrogens (tertiary/aromatic N) is 2. The van der Waals surface area contributed by atoms with Crippen LogP contribution in [-0.2, 0) is 4.79 Å². The average Bonchev–Trinajstić information content (AvgIpc) is 2.13. The van der Waals surface area contributed by atoms with Crippen LogP contribution in [0.4, 0.5) is 0 Å². The summed E-state index contributed by atoms with van der Waals surface area (Å²) in [6.45, 7) is 6.42. The summed E-state index contributed by atoms with van der Waals surface area (Å²) in [6.07, 6.45) is 1.03. The molecule has 1 aliphatic heterocycles. The van der Waals surface area contributed by atoms with E-state index in [1.54, 1.807) is 0 Å². The van der Waals surface area contributed by atoms with E-state index in [9.17, 15) is 4.79 Å². The summed E-state index contributed by atoms with van der Waals surface area (Å²) < 4.78 is 0. The van der Waals surface area contributed by atoms with Crippen molar-refractivity contribution < 1.29 is 9.90 Å². The molecule has 0 aromatic carbocycles. The number of aliphatic hydroxyl groups excluding tert-OH is 1. The zero-order valence-electron chi connectivity index (χ0n) is 9.94. The van der Waals surface area contributed by atoms with Crippen molar-refractivity contribution in [2.75, 3.05) is 33.3 Å². The topological polar surface area (TPSA) is 43.8 Å². The van der Waals surface area contributed by atoms with Crippen LogP contribution in [0.2, 0.25) is 0 Å². The van der Waals surface area contributed by atoms with Gasteiger partial charge in [0.2, 0.25) is 5.91 Å². The molecule has 88 valence electrons. The summed E-state index contributed by atoms with van der Waals surface area (Å²) in [7, 11) is 1.88. The molecular formula is C11H22N2O2. The largest absolute Gasteiger partial charge is 0.395 e. The van der Waals surface area contributed by atoms with Crippen molar-refractivity contribution in [1.82, 2.24) is 9.80 Å². The van der Waals surface area contributed by atoms with E-state index in [2.05, 4.69) is 13.8 Å². The number of hydrogen-bond donors (Lipinski definition) is 1. The van der Waals surface area contributed by atoms with Gasteiger partial charge in [-0.3, -0.25) is 9.69 Å². The molecule has 0 spiro atoms. The monoisotopic (exact) mass is 214 g/mol. The van der Waals surface area contributed by atoms with Crippen LogP contribution in [-0.4, -0.2) is 60.1 Å². The van der Waals surface area contributed by atoms with Gasteiger partial charge in [-0.15, -0.1) is 0 Å². The Balaban J connectivity index is 2.56. The Hall–Kier alpha value is -0.610. The second-order valence-corrected chi connectivity index (χ2v) is 4.75. The van der Waals surface area contributed by atoms with Crippen LogP contribution in [0.25, 0.3) is 0 Å². The van der Waals surface area contributed by atoms with Gasteiger partial charge in [0.15, 0.2) is 0 Å². The zero-order valence-corrected chi connectivity index (χ0v) is 9.94. The number of carbonyl (C=O) groups is 1. The van der Waals surface area contributed by atoms with Crippen molar-refractivity contribution >= 4 is 5.91 Å². The van der Waals surface area contributed by atoms with E-state index in [-0.39, 0.29) is 12.5 Å². The zero-order chi connectivity index (χ0) is 11.4. The first-order chi connectivity index (χ1) is 7.04. The molecule has 0 aromatic heterocycles. The number of rotatable bonds is 4. The third-order valence-electron chi connectivity index (χ3n) is 2.93. The predicted molar refractivity (Wildman–Crippen MR) is 59.5 cm³/mol. The maximum Gasteiger partial charge on any atom is 0.236 e. The lowest BCUT2D eigenvalue weighted by molar-refractivity contribution is -0.138. The van der Waals surface area contributed by atoms with Gasteiger partial charge in [0.25, 0.3) is 0 Å². The number of amides is 1. The Kier molecular flexibility index (Phi) is 4.54. The van der Waals surface area contributed by atoms with Crippen molar-refractivity contribution in [3.8, 4) is 0 Å². The van der Waals surface area contributed by atoms with E-state index in [1.165, 1.54) is 0 Å². The Morgan fingerprint density at radius 3 is 2.73 bits per heavy atom. The molecule has 1 saturated heterocycles. The smallest absolute Gasteiger partial charge is 0.236 e. The minimum Gasteiger partial charge on any atom is -0.395 e. The Morgan fingerprint density at radius 2 is 2.20 bits per heavy atom. The molecule has 0 bridgehead atoms. The van der Waals surface area contributed by atoms with E-state index >= 15 is 0 Å².